The number of hydrogen-bond donors (Lipinski definition) is 2. The van der Waals surface area contributed by atoms with Gasteiger partial charge in [-0.15, -0.1) is 0 Å². The second kappa shape index (κ2) is 3.95. The molecule has 0 saturated heterocycles. The summed E-state index contributed by atoms with van der Waals surface area (Å²) >= 11 is 0. The highest BCUT2D eigenvalue weighted by molar-refractivity contribution is 4.82. The quantitative estimate of drug-likeness (QED) is 0.659. The molecule has 0 radical (unpaired) electrons. The Morgan fingerprint density at radius 1 is 1.08 bits per heavy atom. The van der Waals surface area contributed by atoms with Crippen LogP contribution in [0.2, 0.25) is 0 Å². The van der Waals surface area contributed by atoms with Crippen LogP contribution in [-0.2, 0) is 0 Å². The molecule has 0 amide bonds. The molecular formula is C10H23NO2. The molecule has 2 N–H and O–H groups in total. The topological polar surface area (TPSA) is 43.7 Å². The average molecular weight is 189 g/mol. The summed E-state index contributed by atoms with van der Waals surface area (Å²) in [5, 5.41) is 19.8. The van der Waals surface area contributed by atoms with E-state index in [-0.39, 0.29) is 6.04 Å². The predicted octanol–water partition coefficient (Wildman–Crippen LogP) is 1.54. The van der Waals surface area contributed by atoms with Crippen molar-refractivity contribution in [1.82, 2.24) is 4.90 Å². The van der Waals surface area contributed by atoms with Gasteiger partial charge in [-0.2, -0.15) is 0 Å². The fourth-order valence-corrected chi connectivity index (χ4v) is 1.93. The fraction of sp³-hybridized carbons (Fsp3) is 1.00. The minimum atomic E-state index is -0.992. The molecule has 1 unspecified atom stereocenters. The van der Waals surface area contributed by atoms with Crippen molar-refractivity contribution in [2.75, 3.05) is 0 Å². The van der Waals surface area contributed by atoms with Gasteiger partial charge >= 0.3 is 0 Å². The van der Waals surface area contributed by atoms with Gasteiger partial charge in [0.25, 0.3) is 0 Å². The second-order valence-corrected chi connectivity index (χ2v) is 4.62. The molecule has 1 atom stereocenters. The zero-order chi connectivity index (χ0) is 10.9. The molecule has 3 heteroatoms. The molecule has 80 valence electrons. The maximum atomic E-state index is 9.88. The van der Waals surface area contributed by atoms with Crippen LogP contribution < -0.4 is 0 Å². The van der Waals surface area contributed by atoms with Crippen LogP contribution in [0.5, 0.6) is 0 Å². The van der Waals surface area contributed by atoms with Crippen molar-refractivity contribution in [2.24, 2.45) is 0 Å². The standard InChI is InChI=1S/C10H23NO2/c1-7-8(2)11(9(3,4)12)10(5,6)13/h8,12-13H,7H2,1-6H3. The Labute approximate surface area is 81.4 Å². The van der Waals surface area contributed by atoms with E-state index < -0.39 is 11.4 Å². The maximum absolute atomic E-state index is 9.88. The van der Waals surface area contributed by atoms with Crippen molar-refractivity contribution >= 4 is 0 Å². The second-order valence-electron chi connectivity index (χ2n) is 4.62. The van der Waals surface area contributed by atoms with E-state index in [2.05, 4.69) is 0 Å². The Balaban J connectivity index is 4.78. The van der Waals surface area contributed by atoms with Gasteiger partial charge in [-0.05, 0) is 41.0 Å². The summed E-state index contributed by atoms with van der Waals surface area (Å²) in [5.41, 5.74) is -1.98. The number of hydrogen-bond acceptors (Lipinski definition) is 3. The smallest absolute Gasteiger partial charge is 0.115 e. The molecule has 0 spiro atoms. The lowest BCUT2D eigenvalue weighted by atomic mass is 10.1. The summed E-state index contributed by atoms with van der Waals surface area (Å²) < 4.78 is 0. The summed E-state index contributed by atoms with van der Waals surface area (Å²) in [6, 6.07) is 0.153. The third kappa shape index (κ3) is 3.63. The zero-order valence-electron chi connectivity index (χ0n) is 9.63. The predicted molar refractivity (Wildman–Crippen MR) is 54.2 cm³/mol. The Hall–Kier alpha value is -0.120. The van der Waals surface area contributed by atoms with Crippen LogP contribution in [-0.4, -0.2) is 32.6 Å². The first-order valence-electron chi connectivity index (χ1n) is 4.85. The van der Waals surface area contributed by atoms with Crippen LogP contribution in [0, 0.1) is 0 Å². The minimum absolute atomic E-state index is 0.153. The highest BCUT2D eigenvalue weighted by atomic mass is 16.3. The molecule has 0 aliphatic carbocycles. The SMILES string of the molecule is CCC(C)N(C(C)(C)O)C(C)(C)O. The van der Waals surface area contributed by atoms with E-state index >= 15 is 0 Å². The third-order valence-electron chi connectivity index (χ3n) is 2.21. The van der Waals surface area contributed by atoms with Gasteiger partial charge in [-0.25, -0.2) is 4.90 Å². The normalized spacial score (nSPS) is 16.4. The Morgan fingerprint density at radius 2 is 1.38 bits per heavy atom. The van der Waals surface area contributed by atoms with Gasteiger partial charge < -0.3 is 10.2 Å². The molecule has 0 saturated carbocycles. The lowest BCUT2D eigenvalue weighted by molar-refractivity contribution is -0.216. The van der Waals surface area contributed by atoms with Crippen LogP contribution in [0.4, 0.5) is 0 Å². The van der Waals surface area contributed by atoms with E-state index in [1.807, 2.05) is 13.8 Å². The highest BCUT2D eigenvalue weighted by Crippen LogP contribution is 2.25. The van der Waals surface area contributed by atoms with Crippen LogP contribution in [0.15, 0.2) is 0 Å². The summed E-state index contributed by atoms with van der Waals surface area (Å²) in [6.45, 7) is 10.8. The molecule has 0 bridgehead atoms. The van der Waals surface area contributed by atoms with Crippen molar-refractivity contribution in [1.29, 1.82) is 0 Å². The Kier molecular flexibility index (Phi) is 3.91. The molecule has 0 aromatic heterocycles. The zero-order valence-corrected chi connectivity index (χ0v) is 9.63. The number of nitrogens with zero attached hydrogens (tertiary/aromatic N) is 1. The van der Waals surface area contributed by atoms with Gasteiger partial charge in [-0.3, -0.25) is 0 Å². The van der Waals surface area contributed by atoms with Gasteiger partial charge in [0.1, 0.15) is 11.4 Å². The van der Waals surface area contributed by atoms with Crippen molar-refractivity contribution in [2.45, 2.75) is 65.5 Å². The minimum Gasteiger partial charge on any atom is -0.376 e. The number of rotatable bonds is 4. The fourth-order valence-electron chi connectivity index (χ4n) is 1.93. The Morgan fingerprint density at radius 3 is 1.46 bits per heavy atom. The molecule has 0 aromatic rings. The van der Waals surface area contributed by atoms with Gasteiger partial charge in [-0.1, -0.05) is 6.92 Å². The van der Waals surface area contributed by atoms with Gasteiger partial charge in [0.2, 0.25) is 0 Å². The summed E-state index contributed by atoms with van der Waals surface area (Å²) in [5.74, 6) is 0. The molecule has 0 aromatic carbocycles. The first-order chi connectivity index (χ1) is 5.60. The van der Waals surface area contributed by atoms with E-state index in [1.165, 1.54) is 0 Å². The molecule has 0 aliphatic rings. The molecule has 3 nitrogen and oxygen atoms in total. The van der Waals surface area contributed by atoms with E-state index in [4.69, 9.17) is 0 Å². The van der Waals surface area contributed by atoms with Gasteiger partial charge in [0, 0.05) is 6.04 Å². The van der Waals surface area contributed by atoms with Crippen LogP contribution in [0.1, 0.15) is 48.0 Å². The summed E-state index contributed by atoms with van der Waals surface area (Å²) in [4.78, 5) is 1.71. The van der Waals surface area contributed by atoms with Crippen LogP contribution in [0.25, 0.3) is 0 Å². The molecule has 0 rings (SSSR count). The lowest BCUT2D eigenvalue weighted by Gasteiger charge is -2.46. The molecule has 0 aliphatic heterocycles. The van der Waals surface area contributed by atoms with Crippen LogP contribution >= 0.6 is 0 Å². The van der Waals surface area contributed by atoms with E-state index in [1.54, 1.807) is 32.6 Å². The lowest BCUT2D eigenvalue weighted by Crippen LogP contribution is -2.59. The maximum Gasteiger partial charge on any atom is 0.115 e. The monoisotopic (exact) mass is 189 g/mol. The summed E-state index contributed by atoms with van der Waals surface area (Å²) in [6.07, 6.45) is 0.897. The van der Waals surface area contributed by atoms with E-state index in [9.17, 15) is 10.2 Å². The molecule has 0 heterocycles. The van der Waals surface area contributed by atoms with Gasteiger partial charge in [0.15, 0.2) is 0 Å². The van der Waals surface area contributed by atoms with Crippen LogP contribution in [0.3, 0.4) is 0 Å². The van der Waals surface area contributed by atoms with Crippen molar-refractivity contribution < 1.29 is 10.2 Å². The average Bonchev–Trinajstić information content (AvgIpc) is 1.80. The molecule has 0 fully saturated rings. The van der Waals surface area contributed by atoms with E-state index in [0.29, 0.717) is 0 Å². The largest absolute Gasteiger partial charge is 0.376 e. The van der Waals surface area contributed by atoms with E-state index in [0.717, 1.165) is 6.42 Å². The van der Waals surface area contributed by atoms with Gasteiger partial charge in [0.05, 0.1) is 0 Å². The van der Waals surface area contributed by atoms with Crippen molar-refractivity contribution in [3.8, 4) is 0 Å². The first-order valence-corrected chi connectivity index (χ1v) is 4.85. The van der Waals surface area contributed by atoms with Crippen molar-refractivity contribution in [3.05, 3.63) is 0 Å². The molecule has 13 heavy (non-hydrogen) atoms. The van der Waals surface area contributed by atoms with Crippen molar-refractivity contribution in [3.63, 3.8) is 0 Å². The summed E-state index contributed by atoms with van der Waals surface area (Å²) in [7, 11) is 0. The highest BCUT2D eigenvalue weighted by Gasteiger charge is 2.37. The molecular weight excluding hydrogens is 166 g/mol. The third-order valence-corrected chi connectivity index (χ3v) is 2.21. The Bertz CT molecular complexity index is 141. The number of aliphatic hydroxyl groups is 2. The first kappa shape index (κ1) is 12.9.